The molecule has 8 heteroatoms. The monoisotopic (exact) mass is 389 g/mol. The summed E-state index contributed by atoms with van der Waals surface area (Å²) in [6, 6.07) is 13.1. The molecule has 0 radical (unpaired) electrons. The predicted octanol–water partition coefficient (Wildman–Crippen LogP) is 1.96. The van der Waals surface area contributed by atoms with Gasteiger partial charge in [-0.15, -0.1) is 0 Å². The maximum atomic E-state index is 12.6. The van der Waals surface area contributed by atoms with Crippen LogP contribution in [-0.2, 0) is 14.8 Å². The van der Waals surface area contributed by atoms with Gasteiger partial charge in [-0.2, -0.15) is 0 Å². The number of nitrogens with one attached hydrogen (secondary N) is 1. The number of anilines is 1. The first-order chi connectivity index (χ1) is 12.6. The highest BCUT2D eigenvalue weighted by molar-refractivity contribution is 7.89. The maximum absolute atomic E-state index is 12.6. The summed E-state index contributed by atoms with van der Waals surface area (Å²) in [6.45, 7) is 1.79. The molecule has 2 aromatic rings. The van der Waals surface area contributed by atoms with Crippen LogP contribution in [-0.4, -0.2) is 57.1 Å². The number of nitrogens with zero attached hydrogens (tertiary/aromatic N) is 2. The van der Waals surface area contributed by atoms with Crippen LogP contribution in [0.1, 0.15) is 15.9 Å². The minimum atomic E-state index is -3.64. The van der Waals surface area contributed by atoms with Gasteiger partial charge in [-0.3, -0.25) is 9.59 Å². The van der Waals surface area contributed by atoms with E-state index in [9.17, 15) is 18.0 Å². The standard InChI is InChI=1S/C19H23N3O4S/c1-14-8-10-16(11-9-14)20-18(23)13-22(4)19(24)15-6-5-7-17(12-15)27(25,26)21(2)3/h5-12H,13H2,1-4H3,(H,20,23). The van der Waals surface area contributed by atoms with E-state index in [1.807, 2.05) is 19.1 Å². The highest BCUT2D eigenvalue weighted by Gasteiger charge is 2.20. The molecule has 144 valence electrons. The topological polar surface area (TPSA) is 86.8 Å². The van der Waals surface area contributed by atoms with Gasteiger partial charge in [-0.05, 0) is 37.3 Å². The molecule has 0 saturated carbocycles. The molecule has 0 saturated heterocycles. The first kappa shape index (κ1) is 20.6. The van der Waals surface area contributed by atoms with Gasteiger partial charge in [-0.25, -0.2) is 12.7 Å². The number of sulfonamides is 1. The molecule has 0 bridgehead atoms. The first-order valence-corrected chi connectivity index (χ1v) is 9.70. The van der Waals surface area contributed by atoms with Gasteiger partial charge in [0.25, 0.3) is 5.91 Å². The van der Waals surface area contributed by atoms with E-state index in [1.54, 1.807) is 12.1 Å². The van der Waals surface area contributed by atoms with Crippen LogP contribution in [0.4, 0.5) is 5.69 Å². The highest BCUT2D eigenvalue weighted by atomic mass is 32.2. The molecule has 0 atom stereocenters. The van der Waals surface area contributed by atoms with E-state index >= 15 is 0 Å². The Labute approximate surface area is 159 Å². The number of likely N-dealkylation sites (N-methyl/N-ethyl adjacent to an activating group) is 1. The van der Waals surface area contributed by atoms with Crippen LogP contribution in [0, 0.1) is 6.92 Å². The van der Waals surface area contributed by atoms with E-state index in [2.05, 4.69) is 5.32 Å². The number of hydrogen-bond donors (Lipinski definition) is 1. The van der Waals surface area contributed by atoms with E-state index in [-0.39, 0.29) is 22.9 Å². The Morgan fingerprint density at radius 2 is 1.63 bits per heavy atom. The van der Waals surface area contributed by atoms with Crippen molar-refractivity contribution in [3.8, 4) is 0 Å². The van der Waals surface area contributed by atoms with Crippen LogP contribution in [0.2, 0.25) is 0 Å². The molecule has 7 nitrogen and oxygen atoms in total. The summed E-state index contributed by atoms with van der Waals surface area (Å²) in [5.74, 6) is -0.781. The minimum absolute atomic E-state index is 0.0239. The van der Waals surface area contributed by atoms with Crippen molar-refractivity contribution >= 4 is 27.5 Å². The van der Waals surface area contributed by atoms with Crippen molar-refractivity contribution in [2.75, 3.05) is 33.0 Å². The minimum Gasteiger partial charge on any atom is -0.332 e. The van der Waals surface area contributed by atoms with Crippen LogP contribution in [0.15, 0.2) is 53.4 Å². The fourth-order valence-electron chi connectivity index (χ4n) is 2.35. The zero-order valence-electron chi connectivity index (χ0n) is 15.8. The molecule has 2 rings (SSSR count). The van der Waals surface area contributed by atoms with Gasteiger partial charge in [0, 0.05) is 32.4 Å². The van der Waals surface area contributed by atoms with Crippen LogP contribution < -0.4 is 5.32 Å². The van der Waals surface area contributed by atoms with Gasteiger partial charge >= 0.3 is 0 Å². The fourth-order valence-corrected chi connectivity index (χ4v) is 3.29. The van der Waals surface area contributed by atoms with Gasteiger partial charge in [0.15, 0.2) is 0 Å². The average Bonchev–Trinajstić information content (AvgIpc) is 2.62. The fraction of sp³-hybridized carbons (Fsp3) is 0.263. The lowest BCUT2D eigenvalue weighted by atomic mass is 10.2. The lowest BCUT2D eigenvalue weighted by molar-refractivity contribution is -0.116. The third-order valence-electron chi connectivity index (χ3n) is 3.92. The second-order valence-electron chi connectivity index (χ2n) is 6.39. The molecule has 0 aromatic heterocycles. The number of benzene rings is 2. The molecule has 0 aliphatic heterocycles. The zero-order valence-corrected chi connectivity index (χ0v) is 16.6. The van der Waals surface area contributed by atoms with Crippen molar-refractivity contribution in [1.82, 2.24) is 9.21 Å². The second-order valence-corrected chi connectivity index (χ2v) is 8.54. The molecule has 27 heavy (non-hydrogen) atoms. The number of rotatable bonds is 6. The molecule has 2 amide bonds. The Bertz CT molecular complexity index is 938. The van der Waals surface area contributed by atoms with Gasteiger partial charge in [0.2, 0.25) is 15.9 Å². The molecular formula is C19H23N3O4S. The number of carbonyl (C=O) groups excluding carboxylic acids is 2. The normalized spacial score (nSPS) is 11.3. The number of aryl methyl sites for hydroxylation is 1. The van der Waals surface area contributed by atoms with Gasteiger partial charge in [0.05, 0.1) is 11.4 Å². The van der Waals surface area contributed by atoms with Crippen LogP contribution in [0.25, 0.3) is 0 Å². The third-order valence-corrected chi connectivity index (χ3v) is 5.73. The Hall–Kier alpha value is -2.71. The summed E-state index contributed by atoms with van der Waals surface area (Å²) in [5, 5.41) is 2.72. The first-order valence-electron chi connectivity index (χ1n) is 8.26. The van der Waals surface area contributed by atoms with Crippen molar-refractivity contribution in [3.05, 3.63) is 59.7 Å². The summed E-state index contributed by atoms with van der Waals surface area (Å²) >= 11 is 0. The van der Waals surface area contributed by atoms with Crippen molar-refractivity contribution < 1.29 is 18.0 Å². The number of hydrogen-bond acceptors (Lipinski definition) is 4. The maximum Gasteiger partial charge on any atom is 0.254 e. The summed E-state index contributed by atoms with van der Waals surface area (Å²) in [5.41, 5.74) is 1.92. The quantitative estimate of drug-likeness (QED) is 0.818. The van der Waals surface area contributed by atoms with Crippen LogP contribution >= 0.6 is 0 Å². The zero-order chi connectivity index (χ0) is 20.2. The Morgan fingerprint density at radius 3 is 2.22 bits per heavy atom. The van der Waals surface area contributed by atoms with Crippen molar-refractivity contribution in [2.24, 2.45) is 0 Å². The summed E-state index contributed by atoms with van der Waals surface area (Å²) in [4.78, 5) is 26.0. The van der Waals surface area contributed by atoms with Gasteiger partial charge in [0.1, 0.15) is 0 Å². The smallest absolute Gasteiger partial charge is 0.254 e. The Balaban J connectivity index is 2.08. The Morgan fingerprint density at radius 1 is 1.00 bits per heavy atom. The summed E-state index contributed by atoms with van der Waals surface area (Å²) in [6.07, 6.45) is 0. The average molecular weight is 389 g/mol. The van der Waals surface area contributed by atoms with Crippen molar-refractivity contribution in [2.45, 2.75) is 11.8 Å². The summed E-state index contributed by atoms with van der Waals surface area (Å²) < 4.78 is 25.5. The molecule has 0 spiro atoms. The third kappa shape index (κ3) is 5.15. The molecule has 1 N–H and O–H groups in total. The van der Waals surface area contributed by atoms with Crippen LogP contribution in [0.5, 0.6) is 0 Å². The second kappa shape index (κ2) is 8.32. The number of amides is 2. The van der Waals surface area contributed by atoms with Crippen LogP contribution in [0.3, 0.4) is 0 Å². The molecule has 0 aliphatic rings. The largest absolute Gasteiger partial charge is 0.332 e. The molecule has 0 unspecified atom stereocenters. The lowest BCUT2D eigenvalue weighted by Gasteiger charge is -2.18. The van der Waals surface area contributed by atoms with E-state index in [0.29, 0.717) is 5.69 Å². The molecule has 2 aromatic carbocycles. The van der Waals surface area contributed by atoms with E-state index in [1.165, 1.54) is 50.3 Å². The highest BCUT2D eigenvalue weighted by Crippen LogP contribution is 2.16. The predicted molar refractivity (Wildman–Crippen MR) is 104 cm³/mol. The molecule has 0 aliphatic carbocycles. The SMILES string of the molecule is Cc1ccc(NC(=O)CN(C)C(=O)c2cccc(S(=O)(=O)N(C)C)c2)cc1. The van der Waals surface area contributed by atoms with E-state index in [0.717, 1.165) is 9.87 Å². The van der Waals surface area contributed by atoms with E-state index in [4.69, 9.17) is 0 Å². The van der Waals surface area contributed by atoms with Crippen molar-refractivity contribution in [1.29, 1.82) is 0 Å². The lowest BCUT2D eigenvalue weighted by Crippen LogP contribution is -2.35. The van der Waals surface area contributed by atoms with E-state index < -0.39 is 15.9 Å². The molecule has 0 heterocycles. The number of carbonyl (C=O) groups is 2. The Kier molecular flexibility index (Phi) is 6.35. The molecule has 0 fully saturated rings. The molecular weight excluding hydrogens is 366 g/mol. The summed E-state index contributed by atoms with van der Waals surface area (Å²) in [7, 11) is 0.692. The van der Waals surface area contributed by atoms with Crippen molar-refractivity contribution in [3.63, 3.8) is 0 Å². The van der Waals surface area contributed by atoms with Gasteiger partial charge in [-0.1, -0.05) is 23.8 Å². The van der Waals surface area contributed by atoms with Gasteiger partial charge < -0.3 is 10.2 Å².